The summed E-state index contributed by atoms with van der Waals surface area (Å²) in [5, 5.41) is 19.8. The summed E-state index contributed by atoms with van der Waals surface area (Å²) in [5.74, 6) is 0.00399. The van der Waals surface area contributed by atoms with Crippen LogP contribution in [0.15, 0.2) is 41.3 Å². The lowest BCUT2D eigenvalue weighted by molar-refractivity contribution is -0.129. The Kier molecular flexibility index (Phi) is 11.5. The lowest BCUT2D eigenvalue weighted by atomic mass is 9.97. The molecule has 42 heavy (non-hydrogen) atoms. The second-order valence-corrected chi connectivity index (χ2v) is 13.1. The van der Waals surface area contributed by atoms with E-state index in [0.29, 0.717) is 30.0 Å². The van der Waals surface area contributed by atoms with Gasteiger partial charge in [-0.25, -0.2) is 8.42 Å². The third kappa shape index (κ3) is 8.07. The van der Waals surface area contributed by atoms with Gasteiger partial charge < -0.3 is 30.5 Å². The standard InChI is InChI=1S/C30H44N4O7S/c1-7-21(5)28(33-27(35)16-31-6)30(37)32-15-20(4)13-22-9-8-10-24(29(22)36)34(17-19(2)3)42(38,39)23-11-12-25-26(14-23)41-18-40-25/h8-12,14,19-21,28,31,36H,7,13,15-18H2,1-6H3,(H,32,37)(H,33,35)/t20?,21-,28+/m0/s1. The maximum Gasteiger partial charge on any atom is 0.264 e. The fourth-order valence-corrected chi connectivity index (χ4v) is 6.34. The molecule has 3 atom stereocenters. The first-order valence-electron chi connectivity index (χ1n) is 14.3. The molecule has 0 aromatic heterocycles. The number of para-hydroxylation sites is 1. The highest BCUT2D eigenvalue weighted by molar-refractivity contribution is 7.92. The van der Waals surface area contributed by atoms with Crippen molar-refractivity contribution < 1.29 is 32.6 Å². The summed E-state index contributed by atoms with van der Waals surface area (Å²) in [6.45, 7) is 10.2. The Balaban J connectivity index is 1.78. The van der Waals surface area contributed by atoms with Gasteiger partial charge in [-0.3, -0.25) is 13.9 Å². The minimum atomic E-state index is -4.05. The summed E-state index contributed by atoms with van der Waals surface area (Å²) in [6.07, 6.45) is 1.11. The van der Waals surface area contributed by atoms with Crippen molar-refractivity contribution in [1.29, 1.82) is 0 Å². The van der Waals surface area contributed by atoms with Gasteiger partial charge in [0.25, 0.3) is 10.0 Å². The number of hydrogen-bond donors (Lipinski definition) is 4. The molecule has 1 heterocycles. The molecule has 0 saturated heterocycles. The molecule has 2 amide bonds. The van der Waals surface area contributed by atoms with Crippen molar-refractivity contribution in [2.75, 3.05) is 37.8 Å². The Bertz CT molecular complexity index is 1350. The maximum absolute atomic E-state index is 13.8. The molecule has 1 aliphatic heterocycles. The molecule has 2 aromatic rings. The lowest BCUT2D eigenvalue weighted by Gasteiger charge is -2.28. The Morgan fingerprint density at radius 1 is 1.07 bits per heavy atom. The molecule has 2 aromatic carbocycles. The molecule has 4 N–H and O–H groups in total. The zero-order chi connectivity index (χ0) is 31.0. The van der Waals surface area contributed by atoms with Crippen LogP contribution in [0.1, 0.15) is 46.6 Å². The minimum Gasteiger partial charge on any atom is -0.505 e. The van der Waals surface area contributed by atoms with Crippen molar-refractivity contribution in [3.8, 4) is 17.2 Å². The summed E-state index contributed by atoms with van der Waals surface area (Å²) in [6, 6.07) is 8.85. The summed E-state index contributed by atoms with van der Waals surface area (Å²) in [4.78, 5) is 25.1. The van der Waals surface area contributed by atoms with Crippen molar-refractivity contribution >= 4 is 27.5 Å². The first kappa shape index (κ1) is 33.0. The molecule has 0 aliphatic carbocycles. The maximum atomic E-state index is 13.8. The van der Waals surface area contributed by atoms with Gasteiger partial charge in [0.1, 0.15) is 11.8 Å². The van der Waals surface area contributed by atoms with E-state index < -0.39 is 16.1 Å². The number of fused-ring (bicyclic) bond motifs is 1. The molecule has 3 rings (SSSR count). The largest absolute Gasteiger partial charge is 0.505 e. The van der Waals surface area contributed by atoms with E-state index in [9.17, 15) is 23.1 Å². The lowest BCUT2D eigenvalue weighted by Crippen LogP contribution is -2.52. The number of anilines is 1. The van der Waals surface area contributed by atoms with Crippen LogP contribution in [0, 0.1) is 17.8 Å². The smallest absolute Gasteiger partial charge is 0.264 e. The highest BCUT2D eigenvalue weighted by Crippen LogP contribution is 2.39. The fraction of sp³-hybridized carbons (Fsp3) is 0.533. The molecule has 0 spiro atoms. The molecule has 11 nitrogen and oxygen atoms in total. The van der Waals surface area contributed by atoms with Gasteiger partial charge in [-0.1, -0.05) is 53.2 Å². The molecule has 1 unspecified atom stereocenters. The van der Waals surface area contributed by atoms with Crippen LogP contribution in [0.3, 0.4) is 0 Å². The third-order valence-electron chi connectivity index (χ3n) is 7.17. The van der Waals surface area contributed by atoms with E-state index in [1.807, 2.05) is 34.6 Å². The van der Waals surface area contributed by atoms with Gasteiger partial charge in [-0.15, -0.1) is 0 Å². The van der Waals surface area contributed by atoms with Crippen LogP contribution in [-0.2, 0) is 26.0 Å². The molecule has 232 valence electrons. The number of likely N-dealkylation sites (N-methyl/N-ethyl adjacent to an activating group) is 1. The number of carbonyl (C=O) groups is 2. The second kappa shape index (κ2) is 14.6. The Hall–Kier alpha value is -3.51. The van der Waals surface area contributed by atoms with Crippen molar-refractivity contribution in [1.82, 2.24) is 16.0 Å². The van der Waals surface area contributed by atoms with Crippen LogP contribution < -0.4 is 29.7 Å². The van der Waals surface area contributed by atoms with Crippen molar-refractivity contribution in [2.45, 2.75) is 58.4 Å². The second-order valence-electron chi connectivity index (χ2n) is 11.2. The molecule has 0 radical (unpaired) electrons. The number of benzene rings is 2. The highest BCUT2D eigenvalue weighted by atomic mass is 32.2. The van der Waals surface area contributed by atoms with Gasteiger partial charge in [0.05, 0.1) is 17.1 Å². The van der Waals surface area contributed by atoms with E-state index in [-0.39, 0.29) is 65.8 Å². The molecular formula is C30H44N4O7S. The molecule has 0 saturated carbocycles. The number of rotatable bonds is 15. The van der Waals surface area contributed by atoms with E-state index >= 15 is 0 Å². The summed E-state index contributed by atoms with van der Waals surface area (Å²) in [5.41, 5.74) is 0.740. The number of aromatic hydroxyl groups is 1. The number of sulfonamides is 1. The normalized spacial score (nSPS) is 14.7. The average molecular weight is 605 g/mol. The van der Waals surface area contributed by atoms with Gasteiger partial charge in [0.2, 0.25) is 18.6 Å². The number of ether oxygens (including phenoxy) is 2. The van der Waals surface area contributed by atoms with Gasteiger partial charge >= 0.3 is 0 Å². The number of hydrogen-bond acceptors (Lipinski definition) is 8. The van der Waals surface area contributed by atoms with Gasteiger partial charge in [0.15, 0.2) is 11.5 Å². The number of carbonyl (C=O) groups excluding carboxylic acids is 2. The quantitative estimate of drug-likeness (QED) is 0.243. The Labute approximate surface area is 249 Å². The van der Waals surface area contributed by atoms with Crippen LogP contribution in [-0.4, -0.2) is 64.9 Å². The van der Waals surface area contributed by atoms with Crippen LogP contribution in [0.2, 0.25) is 0 Å². The first-order chi connectivity index (χ1) is 19.9. The number of nitrogens with one attached hydrogen (secondary N) is 3. The average Bonchev–Trinajstić information content (AvgIpc) is 3.42. The van der Waals surface area contributed by atoms with Crippen LogP contribution >= 0.6 is 0 Å². The number of amides is 2. The van der Waals surface area contributed by atoms with Crippen LogP contribution in [0.5, 0.6) is 17.2 Å². The Morgan fingerprint density at radius 3 is 2.45 bits per heavy atom. The van der Waals surface area contributed by atoms with Crippen LogP contribution in [0.25, 0.3) is 0 Å². The summed E-state index contributed by atoms with van der Waals surface area (Å²) >= 11 is 0. The van der Waals surface area contributed by atoms with Crippen molar-refractivity contribution in [3.63, 3.8) is 0 Å². The zero-order valence-electron chi connectivity index (χ0n) is 25.3. The zero-order valence-corrected chi connectivity index (χ0v) is 26.1. The minimum absolute atomic E-state index is 0.0271. The molecular weight excluding hydrogens is 560 g/mol. The number of phenols is 1. The van der Waals surface area contributed by atoms with Crippen molar-refractivity contribution in [2.24, 2.45) is 17.8 Å². The predicted octanol–water partition coefficient (Wildman–Crippen LogP) is 3.02. The monoisotopic (exact) mass is 604 g/mol. The molecule has 12 heteroatoms. The fourth-order valence-electron chi connectivity index (χ4n) is 4.69. The highest BCUT2D eigenvalue weighted by Gasteiger charge is 2.31. The molecule has 1 aliphatic rings. The predicted molar refractivity (Wildman–Crippen MR) is 161 cm³/mol. The van der Waals surface area contributed by atoms with Gasteiger partial charge in [-0.2, -0.15) is 0 Å². The Morgan fingerprint density at radius 2 is 1.79 bits per heavy atom. The van der Waals surface area contributed by atoms with E-state index in [1.54, 1.807) is 31.3 Å². The number of nitrogens with zero attached hydrogens (tertiary/aromatic N) is 1. The van der Waals surface area contributed by atoms with Gasteiger partial charge in [-0.05, 0) is 55.0 Å². The van der Waals surface area contributed by atoms with Gasteiger partial charge in [0, 0.05) is 19.2 Å². The van der Waals surface area contributed by atoms with E-state index in [0.717, 1.165) is 6.42 Å². The van der Waals surface area contributed by atoms with E-state index in [4.69, 9.17) is 9.47 Å². The SMILES string of the molecule is CC[C@H](C)[C@@H](NC(=O)CNC)C(=O)NCC(C)Cc1cccc(N(CC(C)C)S(=O)(=O)c2ccc3c(c2)OCO3)c1O. The van der Waals surface area contributed by atoms with E-state index in [1.165, 1.54) is 16.4 Å². The molecule has 0 fully saturated rings. The van der Waals surface area contributed by atoms with Crippen molar-refractivity contribution in [3.05, 3.63) is 42.0 Å². The third-order valence-corrected chi connectivity index (χ3v) is 8.95. The van der Waals surface area contributed by atoms with Crippen LogP contribution in [0.4, 0.5) is 5.69 Å². The summed E-state index contributed by atoms with van der Waals surface area (Å²) < 4.78 is 39.6. The number of phenolic OH excluding ortho intramolecular Hbond substituents is 1. The van der Waals surface area contributed by atoms with E-state index in [2.05, 4.69) is 16.0 Å². The molecule has 0 bridgehead atoms. The topological polar surface area (TPSA) is 146 Å². The summed E-state index contributed by atoms with van der Waals surface area (Å²) in [7, 11) is -2.39. The first-order valence-corrected chi connectivity index (χ1v) is 15.8.